The molecule has 2 aliphatic rings. The third kappa shape index (κ3) is 4.92. The van der Waals surface area contributed by atoms with E-state index in [0.29, 0.717) is 24.1 Å². The molecular weight excluding hydrogens is 474 g/mol. The van der Waals surface area contributed by atoms with Gasteiger partial charge >= 0.3 is 0 Å². The van der Waals surface area contributed by atoms with Crippen molar-refractivity contribution in [1.82, 2.24) is 14.8 Å². The van der Waals surface area contributed by atoms with Crippen LogP contribution in [0, 0.1) is 6.92 Å². The number of fused-ring (bicyclic) bond motifs is 2. The van der Waals surface area contributed by atoms with E-state index in [0.717, 1.165) is 58.9 Å². The van der Waals surface area contributed by atoms with Crippen LogP contribution in [0.15, 0.2) is 70.3 Å². The maximum absolute atomic E-state index is 13.2. The Bertz CT molecular complexity index is 1410. The van der Waals surface area contributed by atoms with Crippen LogP contribution in [0.25, 0.3) is 11.1 Å². The lowest BCUT2D eigenvalue weighted by Gasteiger charge is -2.34. The van der Waals surface area contributed by atoms with Crippen molar-refractivity contribution >= 4 is 28.8 Å². The molecule has 0 bridgehead atoms. The number of oxazole rings is 1. The molecule has 184 valence electrons. The predicted octanol–water partition coefficient (Wildman–Crippen LogP) is 5.12. The molecule has 0 aliphatic carbocycles. The highest BCUT2D eigenvalue weighted by Gasteiger charge is 2.23. The van der Waals surface area contributed by atoms with Crippen LogP contribution in [0.2, 0.25) is 0 Å². The van der Waals surface area contributed by atoms with Crippen LogP contribution in [-0.2, 0) is 12.3 Å². The molecule has 0 N–H and O–H groups in total. The Morgan fingerprint density at radius 1 is 0.944 bits per heavy atom. The predicted molar refractivity (Wildman–Crippen MR) is 138 cm³/mol. The number of amides is 1. The summed E-state index contributed by atoms with van der Waals surface area (Å²) in [5.74, 6) is 2.39. The SMILES string of the molecule is Cc1ccc2oc(SCc3cccc(C(=O)N4CCN(Cc5ccc6c(c5)OCO6)CC4)c3)nc2c1. The molecular formula is C28H27N3O4S. The monoisotopic (exact) mass is 501 g/mol. The zero-order valence-corrected chi connectivity index (χ0v) is 20.9. The van der Waals surface area contributed by atoms with Crippen LogP contribution >= 0.6 is 11.8 Å². The van der Waals surface area contributed by atoms with Gasteiger partial charge in [-0.05, 0) is 60.0 Å². The molecule has 3 aromatic carbocycles. The van der Waals surface area contributed by atoms with Gasteiger partial charge in [-0.2, -0.15) is 0 Å². The molecule has 8 heteroatoms. The highest BCUT2D eigenvalue weighted by Crippen LogP contribution is 2.33. The van der Waals surface area contributed by atoms with E-state index in [-0.39, 0.29) is 12.7 Å². The molecule has 7 nitrogen and oxygen atoms in total. The summed E-state index contributed by atoms with van der Waals surface area (Å²) < 4.78 is 16.7. The molecule has 6 rings (SSSR count). The number of thioether (sulfide) groups is 1. The van der Waals surface area contributed by atoms with E-state index in [9.17, 15) is 4.79 Å². The number of aryl methyl sites for hydroxylation is 1. The molecule has 0 spiro atoms. The molecule has 2 aliphatic heterocycles. The van der Waals surface area contributed by atoms with E-state index in [1.807, 2.05) is 66.4 Å². The summed E-state index contributed by atoms with van der Waals surface area (Å²) in [6, 6.07) is 20.0. The van der Waals surface area contributed by atoms with Crippen molar-refractivity contribution in [2.24, 2.45) is 0 Å². The summed E-state index contributed by atoms with van der Waals surface area (Å²) >= 11 is 1.54. The van der Waals surface area contributed by atoms with Gasteiger partial charge in [0.2, 0.25) is 6.79 Å². The quantitative estimate of drug-likeness (QED) is 0.340. The summed E-state index contributed by atoms with van der Waals surface area (Å²) in [6.45, 7) is 6.27. The second-order valence-electron chi connectivity index (χ2n) is 9.20. The molecule has 1 saturated heterocycles. The van der Waals surface area contributed by atoms with Crippen molar-refractivity contribution in [3.63, 3.8) is 0 Å². The first-order chi connectivity index (χ1) is 17.6. The van der Waals surface area contributed by atoms with Gasteiger partial charge in [-0.25, -0.2) is 4.98 Å². The van der Waals surface area contributed by atoms with Gasteiger partial charge in [-0.1, -0.05) is 36.0 Å². The standard InChI is InChI=1S/C28H27N3O4S/c1-19-5-7-24-23(13-19)29-28(35-24)36-17-21-3-2-4-22(14-21)27(32)31-11-9-30(10-12-31)16-20-6-8-25-26(15-20)34-18-33-25/h2-8,13-15H,9-12,16-18H2,1H3. The van der Waals surface area contributed by atoms with Gasteiger partial charge in [0.25, 0.3) is 11.1 Å². The van der Waals surface area contributed by atoms with E-state index < -0.39 is 0 Å². The molecule has 1 fully saturated rings. The van der Waals surface area contributed by atoms with Crippen molar-refractivity contribution in [3.8, 4) is 11.5 Å². The molecule has 0 atom stereocenters. The van der Waals surface area contributed by atoms with Crippen molar-refractivity contribution in [3.05, 3.63) is 82.9 Å². The largest absolute Gasteiger partial charge is 0.454 e. The van der Waals surface area contributed by atoms with Gasteiger partial charge < -0.3 is 18.8 Å². The maximum Gasteiger partial charge on any atom is 0.257 e. The molecule has 1 amide bonds. The van der Waals surface area contributed by atoms with Crippen LogP contribution in [0.4, 0.5) is 0 Å². The molecule has 0 unspecified atom stereocenters. The number of hydrogen-bond acceptors (Lipinski definition) is 7. The number of carbonyl (C=O) groups is 1. The summed E-state index contributed by atoms with van der Waals surface area (Å²) in [6.07, 6.45) is 0. The smallest absolute Gasteiger partial charge is 0.257 e. The lowest BCUT2D eigenvalue weighted by Crippen LogP contribution is -2.48. The van der Waals surface area contributed by atoms with Gasteiger partial charge in [0.05, 0.1) is 0 Å². The van der Waals surface area contributed by atoms with Crippen LogP contribution in [0.5, 0.6) is 11.5 Å². The second kappa shape index (κ2) is 9.87. The van der Waals surface area contributed by atoms with E-state index >= 15 is 0 Å². The Morgan fingerprint density at radius 2 is 1.81 bits per heavy atom. The summed E-state index contributed by atoms with van der Waals surface area (Å²) in [5.41, 5.74) is 5.82. The first kappa shape index (κ1) is 22.9. The first-order valence-electron chi connectivity index (χ1n) is 12.1. The number of piperazine rings is 1. The number of benzene rings is 3. The molecule has 0 radical (unpaired) electrons. The van der Waals surface area contributed by atoms with Gasteiger partial charge in [0, 0.05) is 44.0 Å². The van der Waals surface area contributed by atoms with Gasteiger partial charge in [0.1, 0.15) is 5.52 Å². The molecule has 4 aromatic rings. The second-order valence-corrected chi connectivity index (χ2v) is 10.1. The lowest BCUT2D eigenvalue weighted by atomic mass is 10.1. The average molecular weight is 502 g/mol. The Labute approximate surface area is 214 Å². The topological polar surface area (TPSA) is 68.0 Å². The highest BCUT2D eigenvalue weighted by atomic mass is 32.2. The third-order valence-corrected chi connectivity index (χ3v) is 7.46. The van der Waals surface area contributed by atoms with Crippen molar-refractivity contribution in [2.75, 3.05) is 33.0 Å². The third-order valence-electron chi connectivity index (χ3n) is 6.56. The summed E-state index contributed by atoms with van der Waals surface area (Å²) in [4.78, 5) is 22.1. The fourth-order valence-corrected chi connectivity index (χ4v) is 5.39. The minimum Gasteiger partial charge on any atom is -0.454 e. The van der Waals surface area contributed by atoms with Crippen LogP contribution in [0.1, 0.15) is 27.0 Å². The molecule has 1 aromatic heterocycles. The van der Waals surface area contributed by atoms with Crippen molar-refractivity contribution < 1.29 is 18.7 Å². The zero-order valence-electron chi connectivity index (χ0n) is 20.1. The number of ether oxygens (including phenoxy) is 2. The van der Waals surface area contributed by atoms with Gasteiger partial charge in [-0.3, -0.25) is 9.69 Å². The Kier molecular flexibility index (Phi) is 6.29. The number of carbonyl (C=O) groups excluding carboxylic acids is 1. The van der Waals surface area contributed by atoms with E-state index in [4.69, 9.17) is 13.9 Å². The van der Waals surface area contributed by atoms with E-state index in [2.05, 4.69) is 16.0 Å². The number of rotatable bonds is 6. The number of aromatic nitrogens is 1. The normalized spacial score (nSPS) is 15.5. The van der Waals surface area contributed by atoms with Crippen molar-refractivity contribution in [2.45, 2.75) is 24.4 Å². The molecule has 36 heavy (non-hydrogen) atoms. The lowest BCUT2D eigenvalue weighted by molar-refractivity contribution is 0.0628. The summed E-state index contributed by atoms with van der Waals surface area (Å²) in [7, 11) is 0. The number of hydrogen-bond donors (Lipinski definition) is 0. The van der Waals surface area contributed by atoms with Crippen LogP contribution < -0.4 is 9.47 Å². The average Bonchev–Trinajstić information content (AvgIpc) is 3.53. The fourth-order valence-electron chi connectivity index (χ4n) is 4.61. The first-order valence-corrected chi connectivity index (χ1v) is 13.1. The number of nitrogens with zero attached hydrogens (tertiary/aromatic N) is 3. The van der Waals surface area contributed by atoms with Crippen LogP contribution in [0.3, 0.4) is 0 Å². The zero-order chi connectivity index (χ0) is 24.5. The Balaban J connectivity index is 1.04. The molecule has 3 heterocycles. The highest BCUT2D eigenvalue weighted by molar-refractivity contribution is 7.98. The Morgan fingerprint density at radius 3 is 2.69 bits per heavy atom. The maximum atomic E-state index is 13.2. The Hall–Kier alpha value is -3.49. The van der Waals surface area contributed by atoms with Gasteiger partial charge in [-0.15, -0.1) is 0 Å². The summed E-state index contributed by atoms with van der Waals surface area (Å²) in [5, 5.41) is 0.644. The van der Waals surface area contributed by atoms with Gasteiger partial charge in [0.15, 0.2) is 17.1 Å². The van der Waals surface area contributed by atoms with Crippen LogP contribution in [-0.4, -0.2) is 53.7 Å². The fraction of sp³-hybridized carbons (Fsp3) is 0.286. The minimum absolute atomic E-state index is 0.0851. The van der Waals surface area contributed by atoms with E-state index in [1.54, 1.807) is 11.8 Å². The van der Waals surface area contributed by atoms with Crippen molar-refractivity contribution in [1.29, 1.82) is 0 Å². The minimum atomic E-state index is 0.0851. The molecule has 0 saturated carbocycles. The van der Waals surface area contributed by atoms with E-state index in [1.165, 1.54) is 5.56 Å².